The van der Waals surface area contributed by atoms with E-state index in [9.17, 15) is 22.4 Å². The summed E-state index contributed by atoms with van der Waals surface area (Å²) in [7, 11) is 1.01. The number of esters is 1. The number of rotatable bonds is 7. The van der Waals surface area contributed by atoms with Crippen LogP contribution in [0.2, 0.25) is 0 Å². The van der Waals surface area contributed by atoms with E-state index in [0.717, 1.165) is 19.5 Å². The van der Waals surface area contributed by atoms with Gasteiger partial charge in [-0.2, -0.15) is 0 Å². The molecule has 9 heteroatoms. The molecule has 0 radical (unpaired) electrons. The SMILES string of the molecule is COC(=O)C(F)/C(N=CN)=C(/Cc1cccc(C(F)F)c1F)C1CCCO1. The van der Waals surface area contributed by atoms with Gasteiger partial charge in [-0.05, 0) is 24.0 Å². The van der Waals surface area contributed by atoms with E-state index in [2.05, 4.69) is 9.73 Å². The van der Waals surface area contributed by atoms with Crippen molar-refractivity contribution in [2.75, 3.05) is 13.7 Å². The monoisotopic (exact) mass is 388 g/mol. The first-order valence-corrected chi connectivity index (χ1v) is 8.26. The van der Waals surface area contributed by atoms with Crippen molar-refractivity contribution in [2.24, 2.45) is 10.7 Å². The fraction of sp³-hybridized carbons (Fsp3) is 0.444. The molecular formula is C18H20F4N2O3. The standard InChI is InChI=1S/C18H20F4N2O3/c1-26-18(25)15(20)16(24-9-23)12(13-6-3-7-27-13)8-10-4-2-5-11(14(10)19)17(21)22/h2,4-5,9,13,15,17H,3,6-8H2,1H3,(H2,23,24)/b16-12+. The van der Waals surface area contributed by atoms with Crippen LogP contribution < -0.4 is 5.73 Å². The van der Waals surface area contributed by atoms with Gasteiger partial charge >= 0.3 is 5.97 Å². The number of carbonyl (C=O) groups excluding carboxylic acids is 1. The molecule has 0 aliphatic carbocycles. The first kappa shape index (κ1) is 20.9. The fourth-order valence-electron chi connectivity index (χ4n) is 2.94. The van der Waals surface area contributed by atoms with Crippen LogP contribution in [0.15, 0.2) is 34.5 Å². The van der Waals surface area contributed by atoms with Gasteiger partial charge in [-0.1, -0.05) is 18.2 Å². The zero-order valence-corrected chi connectivity index (χ0v) is 14.6. The molecule has 148 valence electrons. The molecule has 1 aliphatic rings. The number of halogens is 4. The van der Waals surface area contributed by atoms with Gasteiger partial charge in [0.05, 0.1) is 30.8 Å². The summed E-state index contributed by atoms with van der Waals surface area (Å²) in [5, 5.41) is 0. The summed E-state index contributed by atoms with van der Waals surface area (Å²) in [6.45, 7) is 0.391. The first-order valence-electron chi connectivity index (χ1n) is 8.26. The van der Waals surface area contributed by atoms with Crippen LogP contribution in [-0.2, 0) is 20.7 Å². The quantitative estimate of drug-likeness (QED) is 0.337. The van der Waals surface area contributed by atoms with Gasteiger partial charge in [0.25, 0.3) is 6.43 Å². The molecule has 1 fully saturated rings. The molecule has 27 heavy (non-hydrogen) atoms. The number of alkyl halides is 3. The molecule has 0 amide bonds. The van der Waals surface area contributed by atoms with Gasteiger partial charge in [0.2, 0.25) is 6.17 Å². The lowest BCUT2D eigenvalue weighted by Gasteiger charge is -2.20. The van der Waals surface area contributed by atoms with E-state index in [0.29, 0.717) is 19.4 Å². The Bertz CT molecular complexity index is 731. The molecular weight excluding hydrogens is 368 g/mol. The van der Waals surface area contributed by atoms with Crippen molar-refractivity contribution in [3.05, 3.63) is 46.4 Å². The third kappa shape index (κ3) is 4.85. The highest BCUT2D eigenvalue weighted by atomic mass is 19.3. The minimum Gasteiger partial charge on any atom is -0.467 e. The zero-order chi connectivity index (χ0) is 20.0. The molecule has 2 N–H and O–H groups in total. The maximum absolute atomic E-state index is 14.6. The lowest BCUT2D eigenvalue weighted by molar-refractivity contribution is -0.145. The van der Waals surface area contributed by atoms with Crippen LogP contribution in [0.5, 0.6) is 0 Å². The first-order chi connectivity index (χ1) is 12.9. The molecule has 1 aromatic rings. The van der Waals surface area contributed by atoms with E-state index in [-0.39, 0.29) is 23.3 Å². The molecule has 0 aromatic heterocycles. The van der Waals surface area contributed by atoms with Crippen molar-refractivity contribution in [1.82, 2.24) is 0 Å². The summed E-state index contributed by atoms with van der Waals surface area (Å²) < 4.78 is 64.9. The predicted octanol–water partition coefficient (Wildman–Crippen LogP) is 3.24. The molecule has 1 saturated heterocycles. The molecule has 2 atom stereocenters. The van der Waals surface area contributed by atoms with Crippen LogP contribution in [-0.4, -0.2) is 38.3 Å². The summed E-state index contributed by atoms with van der Waals surface area (Å²) in [5.74, 6) is -2.29. The maximum atomic E-state index is 14.6. The highest BCUT2D eigenvalue weighted by Crippen LogP contribution is 2.31. The second-order valence-electron chi connectivity index (χ2n) is 5.87. The van der Waals surface area contributed by atoms with Crippen LogP contribution >= 0.6 is 0 Å². The van der Waals surface area contributed by atoms with E-state index in [4.69, 9.17) is 10.5 Å². The minimum atomic E-state index is -2.99. The van der Waals surface area contributed by atoms with Gasteiger partial charge in [0.1, 0.15) is 5.82 Å². The minimum absolute atomic E-state index is 0.0833. The van der Waals surface area contributed by atoms with Crippen LogP contribution in [0.1, 0.15) is 30.4 Å². The number of methoxy groups -OCH3 is 1. The van der Waals surface area contributed by atoms with Crippen LogP contribution in [0.4, 0.5) is 17.6 Å². The molecule has 0 saturated carbocycles. The van der Waals surface area contributed by atoms with Crippen LogP contribution in [0.3, 0.4) is 0 Å². The number of nitrogens with two attached hydrogens (primary N) is 1. The van der Waals surface area contributed by atoms with Crippen LogP contribution in [0, 0.1) is 5.82 Å². The molecule has 0 spiro atoms. The summed E-state index contributed by atoms with van der Waals surface area (Å²) in [6.07, 6.45) is -4.21. The van der Waals surface area contributed by atoms with Crippen LogP contribution in [0.25, 0.3) is 0 Å². The second-order valence-corrected chi connectivity index (χ2v) is 5.87. The predicted molar refractivity (Wildman–Crippen MR) is 90.7 cm³/mol. The van der Waals surface area contributed by atoms with Crippen molar-refractivity contribution in [3.8, 4) is 0 Å². The highest BCUT2D eigenvalue weighted by Gasteiger charge is 2.32. The summed E-state index contributed by atoms with van der Waals surface area (Å²) in [4.78, 5) is 15.4. The van der Waals surface area contributed by atoms with E-state index in [1.807, 2.05) is 0 Å². The average Bonchev–Trinajstić information content (AvgIpc) is 3.18. The van der Waals surface area contributed by atoms with Gasteiger partial charge in [-0.3, -0.25) is 0 Å². The summed E-state index contributed by atoms with van der Waals surface area (Å²) >= 11 is 0. The Kier molecular flexibility index (Phi) is 7.35. The number of hydrogen-bond donors (Lipinski definition) is 1. The Hall–Kier alpha value is -2.42. The number of hydrogen-bond acceptors (Lipinski definition) is 4. The lowest BCUT2D eigenvalue weighted by Crippen LogP contribution is -2.25. The van der Waals surface area contributed by atoms with Gasteiger partial charge in [-0.25, -0.2) is 27.3 Å². The molecule has 2 unspecified atom stereocenters. The number of nitrogens with zero attached hydrogens (tertiary/aromatic N) is 1. The number of aliphatic imine (C=N–C) groups is 1. The molecule has 2 rings (SSSR count). The Balaban J connectivity index is 2.54. The molecule has 0 bridgehead atoms. The molecule has 1 heterocycles. The largest absolute Gasteiger partial charge is 0.467 e. The van der Waals surface area contributed by atoms with E-state index in [1.54, 1.807) is 0 Å². The third-order valence-corrected chi connectivity index (χ3v) is 4.23. The Morgan fingerprint density at radius 1 is 1.44 bits per heavy atom. The van der Waals surface area contributed by atoms with E-state index in [1.165, 1.54) is 12.1 Å². The third-order valence-electron chi connectivity index (χ3n) is 4.23. The van der Waals surface area contributed by atoms with Crippen molar-refractivity contribution in [2.45, 2.75) is 38.0 Å². The fourth-order valence-corrected chi connectivity index (χ4v) is 2.94. The van der Waals surface area contributed by atoms with Crippen molar-refractivity contribution < 1.29 is 31.8 Å². The van der Waals surface area contributed by atoms with Crippen molar-refractivity contribution in [3.63, 3.8) is 0 Å². The maximum Gasteiger partial charge on any atom is 0.346 e. The second kappa shape index (κ2) is 9.50. The summed E-state index contributed by atoms with van der Waals surface area (Å²) in [5.41, 5.74) is 4.24. The smallest absolute Gasteiger partial charge is 0.346 e. The van der Waals surface area contributed by atoms with Gasteiger partial charge in [0.15, 0.2) is 0 Å². The Morgan fingerprint density at radius 3 is 2.74 bits per heavy atom. The van der Waals surface area contributed by atoms with E-state index < -0.39 is 36.1 Å². The van der Waals surface area contributed by atoms with E-state index >= 15 is 0 Å². The number of carbonyl (C=O) groups is 1. The van der Waals surface area contributed by atoms with Gasteiger partial charge in [0, 0.05) is 13.0 Å². The lowest BCUT2D eigenvalue weighted by atomic mass is 9.94. The number of benzene rings is 1. The van der Waals surface area contributed by atoms with Crippen molar-refractivity contribution in [1.29, 1.82) is 0 Å². The van der Waals surface area contributed by atoms with Gasteiger partial charge < -0.3 is 15.2 Å². The topological polar surface area (TPSA) is 73.9 Å². The summed E-state index contributed by atoms with van der Waals surface area (Å²) in [6, 6.07) is 3.57. The Morgan fingerprint density at radius 2 is 2.19 bits per heavy atom. The molecule has 1 aromatic carbocycles. The van der Waals surface area contributed by atoms with Gasteiger partial charge in [-0.15, -0.1) is 0 Å². The molecule has 1 aliphatic heterocycles. The van der Waals surface area contributed by atoms with Crippen molar-refractivity contribution >= 4 is 12.3 Å². The average molecular weight is 388 g/mol. The molecule has 5 nitrogen and oxygen atoms in total. The number of ether oxygens (including phenoxy) is 2. The Labute approximate surface area is 153 Å². The zero-order valence-electron chi connectivity index (χ0n) is 14.6. The highest BCUT2D eigenvalue weighted by molar-refractivity contribution is 5.79. The normalized spacial score (nSPS) is 19.4.